The Kier molecular flexibility index (Phi) is 7.75. The average molecular weight is 498 g/mol. The molecule has 1 heterocycles. The Morgan fingerprint density at radius 1 is 1.08 bits per heavy atom. The van der Waals surface area contributed by atoms with Gasteiger partial charge in [0.15, 0.2) is 0 Å². The first-order valence-corrected chi connectivity index (χ1v) is 14.0. The van der Waals surface area contributed by atoms with Gasteiger partial charge >= 0.3 is 0 Å². The fourth-order valence-corrected chi connectivity index (χ4v) is 7.74. The van der Waals surface area contributed by atoms with E-state index in [2.05, 4.69) is 10.2 Å². The number of likely N-dealkylation sites (tertiary alicyclic amines) is 1. The van der Waals surface area contributed by atoms with E-state index in [-0.39, 0.29) is 29.4 Å². The molecule has 1 saturated heterocycles. The summed E-state index contributed by atoms with van der Waals surface area (Å²) in [5.74, 6) is 1.30. The number of amides is 1. The molecule has 36 heavy (non-hydrogen) atoms. The maximum absolute atomic E-state index is 13.7. The van der Waals surface area contributed by atoms with Gasteiger partial charge in [-0.25, -0.2) is 4.39 Å². The summed E-state index contributed by atoms with van der Waals surface area (Å²) in [7, 11) is 0. The smallest absolute Gasteiger partial charge is 0.224 e. The molecule has 3 aliphatic carbocycles. The largest absolute Gasteiger partial charge is 0.507 e. The van der Waals surface area contributed by atoms with Crippen molar-refractivity contribution >= 4 is 17.9 Å². The third kappa shape index (κ3) is 5.22. The van der Waals surface area contributed by atoms with Gasteiger partial charge in [0.1, 0.15) is 17.9 Å². The number of aromatic hydroxyl groups is 1. The van der Waals surface area contributed by atoms with Crippen molar-refractivity contribution in [1.29, 1.82) is 5.41 Å². The molecule has 4 aliphatic rings. The van der Waals surface area contributed by atoms with Gasteiger partial charge in [-0.3, -0.25) is 4.79 Å². The van der Waals surface area contributed by atoms with E-state index in [1.165, 1.54) is 37.5 Å². The third-order valence-corrected chi connectivity index (χ3v) is 9.78. The normalized spacial score (nSPS) is 32.9. The molecule has 6 unspecified atom stereocenters. The number of hydrogen-bond donors (Lipinski definition) is 3. The molecule has 5 rings (SSSR count). The fourth-order valence-electron chi connectivity index (χ4n) is 7.74. The van der Waals surface area contributed by atoms with Gasteiger partial charge in [0.2, 0.25) is 5.91 Å². The third-order valence-electron chi connectivity index (χ3n) is 9.78. The Bertz CT molecular complexity index is 977. The number of fused-ring (bicyclic) bond motifs is 2. The van der Waals surface area contributed by atoms with Crippen LogP contribution < -0.4 is 5.32 Å². The SMILES string of the molecule is N=C(c1cc(F)ccc1O)C1CCN(CC2CCCCC2CNC(=O)C2C3CCC(C3)C2C=O)CC1. The zero-order valence-electron chi connectivity index (χ0n) is 21.1. The molecule has 4 fully saturated rings. The monoisotopic (exact) mass is 497 g/mol. The molecule has 0 radical (unpaired) electrons. The Labute approximate surface area is 213 Å². The quantitative estimate of drug-likeness (QED) is 0.367. The van der Waals surface area contributed by atoms with Crippen LogP contribution >= 0.6 is 0 Å². The molecule has 3 saturated carbocycles. The number of nitrogens with one attached hydrogen (secondary N) is 2. The maximum Gasteiger partial charge on any atom is 0.224 e. The first kappa shape index (κ1) is 25.4. The van der Waals surface area contributed by atoms with Crippen LogP contribution in [0.25, 0.3) is 0 Å². The van der Waals surface area contributed by atoms with Crippen LogP contribution in [-0.2, 0) is 9.59 Å². The van der Waals surface area contributed by atoms with Gasteiger partial charge in [-0.05, 0) is 99.9 Å². The molecule has 196 valence electrons. The summed E-state index contributed by atoms with van der Waals surface area (Å²) >= 11 is 0. The van der Waals surface area contributed by atoms with Crippen LogP contribution in [0.15, 0.2) is 18.2 Å². The lowest BCUT2D eigenvalue weighted by atomic mass is 9.77. The van der Waals surface area contributed by atoms with Gasteiger partial charge in [-0.2, -0.15) is 0 Å². The minimum absolute atomic E-state index is 0.0270. The standard InChI is InChI=1S/C29H40FN3O3/c30-23-7-8-26(35)24(14-23)28(31)18-9-11-33(12-10-18)16-22-4-2-1-3-21(22)15-32-29(36)27-20-6-5-19(13-20)25(27)17-34/h7-8,14,17-22,25,27,31,35H,1-6,9-13,15-16H2,(H,32,36). The van der Waals surface area contributed by atoms with Gasteiger partial charge in [0.05, 0.1) is 5.92 Å². The highest BCUT2D eigenvalue weighted by atomic mass is 19.1. The summed E-state index contributed by atoms with van der Waals surface area (Å²) in [5, 5.41) is 21.9. The maximum atomic E-state index is 13.7. The van der Waals surface area contributed by atoms with Crippen molar-refractivity contribution in [3.8, 4) is 5.75 Å². The number of piperidine rings is 1. The lowest BCUT2D eigenvalue weighted by Crippen LogP contribution is -2.45. The number of halogens is 1. The van der Waals surface area contributed by atoms with Gasteiger partial charge in [0, 0.05) is 36.2 Å². The van der Waals surface area contributed by atoms with E-state index >= 15 is 0 Å². The number of aldehydes is 1. The van der Waals surface area contributed by atoms with Crippen LogP contribution in [0.5, 0.6) is 5.75 Å². The van der Waals surface area contributed by atoms with Crippen LogP contribution in [0.4, 0.5) is 4.39 Å². The summed E-state index contributed by atoms with van der Waals surface area (Å²) in [6, 6.07) is 3.81. The molecule has 0 spiro atoms. The minimum atomic E-state index is -0.428. The van der Waals surface area contributed by atoms with Gasteiger partial charge in [-0.1, -0.05) is 12.8 Å². The van der Waals surface area contributed by atoms with E-state index in [1.54, 1.807) is 0 Å². The van der Waals surface area contributed by atoms with Crippen molar-refractivity contribution in [3.63, 3.8) is 0 Å². The molecule has 0 aromatic heterocycles. The Morgan fingerprint density at radius 2 is 1.81 bits per heavy atom. The number of benzene rings is 1. The predicted octanol–water partition coefficient (Wildman–Crippen LogP) is 4.39. The van der Waals surface area contributed by atoms with Gasteiger partial charge in [0.25, 0.3) is 0 Å². The van der Waals surface area contributed by atoms with Crippen LogP contribution in [-0.4, -0.2) is 54.1 Å². The van der Waals surface area contributed by atoms with Crippen LogP contribution in [0.3, 0.4) is 0 Å². The number of hydrogen-bond acceptors (Lipinski definition) is 5. The van der Waals surface area contributed by atoms with E-state index in [0.29, 0.717) is 41.5 Å². The number of phenolic OH excluding ortho intramolecular Hbond substituents is 1. The highest BCUT2D eigenvalue weighted by Crippen LogP contribution is 2.51. The van der Waals surface area contributed by atoms with Crippen molar-refractivity contribution in [2.75, 3.05) is 26.2 Å². The zero-order valence-corrected chi connectivity index (χ0v) is 21.1. The highest BCUT2D eigenvalue weighted by Gasteiger charge is 2.50. The van der Waals surface area contributed by atoms with Crippen LogP contribution in [0.1, 0.15) is 63.4 Å². The molecule has 1 aliphatic heterocycles. The summed E-state index contributed by atoms with van der Waals surface area (Å²) in [6.07, 6.45) is 10.7. The second-order valence-corrected chi connectivity index (χ2v) is 11.8. The Hall–Kier alpha value is -2.28. The summed E-state index contributed by atoms with van der Waals surface area (Å²) in [6.45, 7) is 3.51. The first-order chi connectivity index (χ1) is 17.4. The fraction of sp³-hybridized carbons (Fsp3) is 0.690. The molecule has 1 amide bonds. The van der Waals surface area contributed by atoms with Gasteiger partial charge < -0.3 is 25.5 Å². The highest BCUT2D eigenvalue weighted by molar-refractivity contribution is 6.02. The Morgan fingerprint density at radius 3 is 2.56 bits per heavy atom. The van der Waals surface area contributed by atoms with Crippen molar-refractivity contribution in [1.82, 2.24) is 10.2 Å². The van der Waals surface area contributed by atoms with Crippen molar-refractivity contribution < 1.29 is 19.1 Å². The second-order valence-electron chi connectivity index (χ2n) is 11.8. The zero-order chi connectivity index (χ0) is 25.2. The average Bonchev–Trinajstić information content (AvgIpc) is 3.51. The molecule has 3 N–H and O–H groups in total. The van der Waals surface area contributed by atoms with Crippen molar-refractivity contribution in [2.24, 2.45) is 41.4 Å². The lowest BCUT2D eigenvalue weighted by Gasteiger charge is -2.39. The summed E-state index contributed by atoms with van der Waals surface area (Å²) < 4.78 is 13.7. The number of carbonyl (C=O) groups excluding carboxylic acids is 2. The number of rotatable bonds is 8. The van der Waals surface area contributed by atoms with E-state index < -0.39 is 5.82 Å². The van der Waals surface area contributed by atoms with Gasteiger partial charge in [-0.15, -0.1) is 0 Å². The molecule has 2 bridgehead atoms. The summed E-state index contributed by atoms with van der Waals surface area (Å²) in [4.78, 5) is 27.2. The first-order valence-electron chi connectivity index (χ1n) is 14.0. The van der Waals surface area contributed by atoms with E-state index in [1.807, 2.05) is 0 Å². The molecule has 7 heteroatoms. The molecule has 1 aromatic carbocycles. The predicted molar refractivity (Wildman–Crippen MR) is 136 cm³/mol. The van der Waals surface area contributed by atoms with Crippen molar-refractivity contribution in [2.45, 2.75) is 57.8 Å². The second kappa shape index (κ2) is 11.0. The topological polar surface area (TPSA) is 93.5 Å². The van der Waals surface area contributed by atoms with E-state index in [9.17, 15) is 19.1 Å². The molecule has 1 aromatic rings. The number of phenols is 1. The lowest BCUT2D eigenvalue weighted by molar-refractivity contribution is -0.131. The van der Waals surface area contributed by atoms with E-state index in [0.717, 1.165) is 64.4 Å². The molecular formula is C29H40FN3O3. The number of carbonyl (C=O) groups is 2. The number of nitrogens with zero attached hydrogens (tertiary/aromatic N) is 1. The van der Waals surface area contributed by atoms with Crippen molar-refractivity contribution in [3.05, 3.63) is 29.6 Å². The summed E-state index contributed by atoms with van der Waals surface area (Å²) in [5.41, 5.74) is 0.642. The van der Waals surface area contributed by atoms with Crippen LogP contribution in [0.2, 0.25) is 0 Å². The molecule has 6 nitrogen and oxygen atoms in total. The minimum Gasteiger partial charge on any atom is -0.507 e. The van der Waals surface area contributed by atoms with E-state index in [4.69, 9.17) is 5.41 Å². The Balaban J connectivity index is 1.12. The molecule has 6 atom stereocenters. The molecular weight excluding hydrogens is 457 g/mol. The van der Waals surface area contributed by atoms with Crippen LogP contribution in [0, 0.1) is 52.7 Å².